The third-order valence-corrected chi connectivity index (χ3v) is 1.89. The zero-order valence-corrected chi connectivity index (χ0v) is 7.53. The summed E-state index contributed by atoms with van der Waals surface area (Å²) in [5.74, 6) is -1.10. The normalized spacial score (nSPS) is 10.0. The van der Waals surface area contributed by atoms with Crippen LogP contribution in [0.4, 0.5) is 0 Å². The Hall–Kier alpha value is -1.58. The highest BCUT2D eigenvalue weighted by Gasteiger charge is 2.15. The van der Waals surface area contributed by atoms with Crippen LogP contribution in [0.1, 0.15) is 12.5 Å². The summed E-state index contributed by atoms with van der Waals surface area (Å²) in [4.78, 5) is 0. The van der Waals surface area contributed by atoms with E-state index < -0.39 is 11.5 Å². The van der Waals surface area contributed by atoms with Crippen molar-refractivity contribution in [2.75, 3.05) is 7.11 Å². The molecule has 0 saturated heterocycles. The third kappa shape index (κ3) is 1.47. The van der Waals surface area contributed by atoms with Gasteiger partial charge in [0.05, 0.1) is 7.11 Å². The van der Waals surface area contributed by atoms with Crippen LogP contribution in [-0.4, -0.2) is 22.4 Å². The largest absolute Gasteiger partial charge is 0.504 e. The first kappa shape index (κ1) is 9.51. The molecule has 1 rings (SSSR count). The first-order chi connectivity index (χ1) is 6.11. The molecule has 0 unspecified atom stereocenters. The lowest BCUT2D eigenvalue weighted by atomic mass is 10.1. The maximum absolute atomic E-state index is 9.33. The average molecular weight is 184 g/mol. The summed E-state index contributed by atoms with van der Waals surface area (Å²) < 4.78 is 4.80. The first-order valence-corrected chi connectivity index (χ1v) is 3.92. The van der Waals surface area contributed by atoms with Crippen molar-refractivity contribution in [3.63, 3.8) is 0 Å². The van der Waals surface area contributed by atoms with Crippen molar-refractivity contribution in [3.8, 4) is 23.0 Å². The van der Waals surface area contributed by atoms with Crippen LogP contribution >= 0.6 is 0 Å². The van der Waals surface area contributed by atoms with Gasteiger partial charge >= 0.3 is 0 Å². The number of methoxy groups -OCH3 is 1. The molecule has 1 aromatic carbocycles. The lowest BCUT2D eigenvalue weighted by Crippen LogP contribution is -1.88. The summed E-state index contributed by atoms with van der Waals surface area (Å²) in [6.07, 6.45) is 0.552. The second-order valence-electron chi connectivity index (χ2n) is 2.64. The van der Waals surface area contributed by atoms with Crippen molar-refractivity contribution >= 4 is 0 Å². The molecule has 0 aliphatic heterocycles. The van der Waals surface area contributed by atoms with Crippen molar-refractivity contribution in [1.82, 2.24) is 0 Å². The number of aryl methyl sites for hydroxylation is 1. The van der Waals surface area contributed by atoms with E-state index in [0.717, 1.165) is 0 Å². The van der Waals surface area contributed by atoms with Crippen molar-refractivity contribution in [2.24, 2.45) is 0 Å². The van der Waals surface area contributed by atoms with Gasteiger partial charge in [0.2, 0.25) is 11.5 Å². The van der Waals surface area contributed by atoms with Gasteiger partial charge in [-0.2, -0.15) is 0 Å². The van der Waals surface area contributed by atoms with Gasteiger partial charge in [-0.25, -0.2) is 0 Å². The Kier molecular flexibility index (Phi) is 2.51. The Labute approximate surface area is 76.0 Å². The van der Waals surface area contributed by atoms with E-state index >= 15 is 0 Å². The van der Waals surface area contributed by atoms with Gasteiger partial charge in [0, 0.05) is 5.56 Å². The van der Waals surface area contributed by atoms with E-state index in [-0.39, 0.29) is 11.5 Å². The second-order valence-corrected chi connectivity index (χ2v) is 2.64. The monoisotopic (exact) mass is 184 g/mol. The van der Waals surface area contributed by atoms with Gasteiger partial charge in [-0.1, -0.05) is 6.92 Å². The van der Waals surface area contributed by atoms with Gasteiger partial charge in [-0.05, 0) is 12.5 Å². The highest BCUT2D eigenvalue weighted by Crippen LogP contribution is 2.44. The number of phenols is 3. The maximum Gasteiger partial charge on any atom is 0.204 e. The topological polar surface area (TPSA) is 69.9 Å². The molecule has 1 aromatic rings. The second kappa shape index (κ2) is 3.43. The van der Waals surface area contributed by atoms with Crippen LogP contribution in [0.2, 0.25) is 0 Å². The number of hydrogen-bond donors (Lipinski definition) is 3. The molecule has 0 aromatic heterocycles. The molecular weight excluding hydrogens is 172 g/mol. The molecule has 13 heavy (non-hydrogen) atoms. The molecule has 0 atom stereocenters. The molecule has 0 bridgehead atoms. The van der Waals surface area contributed by atoms with Crippen LogP contribution in [-0.2, 0) is 6.42 Å². The lowest BCUT2D eigenvalue weighted by molar-refractivity contribution is 0.333. The van der Waals surface area contributed by atoms with E-state index in [2.05, 4.69) is 0 Å². The number of ether oxygens (including phenoxy) is 1. The van der Waals surface area contributed by atoms with Crippen LogP contribution < -0.4 is 4.74 Å². The number of rotatable bonds is 2. The summed E-state index contributed by atoms with van der Waals surface area (Å²) in [7, 11) is 1.38. The van der Waals surface area contributed by atoms with Gasteiger partial charge in [-0.3, -0.25) is 0 Å². The third-order valence-electron chi connectivity index (χ3n) is 1.89. The molecule has 0 heterocycles. The van der Waals surface area contributed by atoms with Crippen LogP contribution in [0.5, 0.6) is 23.0 Å². The van der Waals surface area contributed by atoms with Crippen molar-refractivity contribution in [1.29, 1.82) is 0 Å². The quantitative estimate of drug-likeness (QED) is 0.607. The van der Waals surface area contributed by atoms with E-state index in [4.69, 9.17) is 4.74 Å². The molecular formula is C9H12O4. The van der Waals surface area contributed by atoms with Crippen molar-refractivity contribution in [2.45, 2.75) is 13.3 Å². The predicted molar refractivity (Wildman–Crippen MR) is 47.4 cm³/mol. The molecule has 4 heteroatoms. The number of phenolic OH excluding ortho intramolecular Hbond substituents is 3. The highest BCUT2D eigenvalue weighted by atomic mass is 16.5. The van der Waals surface area contributed by atoms with Gasteiger partial charge in [0.25, 0.3) is 0 Å². The molecule has 4 nitrogen and oxygen atoms in total. The molecule has 0 radical (unpaired) electrons. The highest BCUT2D eigenvalue weighted by molar-refractivity contribution is 5.60. The number of benzene rings is 1. The average Bonchev–Trinajstić information content (AvgIpc) is 2.15. The summed E-state index contributed by atoms with van der Waals surface area (Å²) in [6.45, 7) is 1.82. The van der Waals surface area contributed by atoms with Gasteiger partial charge in [0.1, 0.15) is 0 Å². The van der Waals surface area contributed by atoms with E-state index in [1.807, 2.05) is 6.92 Å². The SMILES string of the molecule is CCc1cc(OC)c(O)c(O)c1O. The molecule has 0 spiro atoms. The summed E-state index contributed by atoms with van der Waals surface area (Å²) in [5.41, 5.74) is 0.534. The molecule has 3 N–H and O–H groups in total. The summed E-state index contributed by atoms with van der Waals surface area (Å²) in [6, 6.07) is 1.49. The van der Waals surface area contributed by atoms with Crippen LogP contribution in [0, 0.1) is 0 Å². The Morgan fingerprint density at radius 1 is 1.15 bits per heavy atom. The smallest absolute Gasteiger partial charge is 0.204 e. The summed E-state index contributed by atoms with van der Waals surface area (Å²) in [5, 5.41) is 27.8. The van der Waals surface area contributed by atoms with E-state index in [1.165, 1.54) is 13.2 Å². The van der Waals surface area contributed by atoms with Crippen LogP contribution in [0.3, 0.4) is 0 Å². The molecule has 0 saturated carbocycles. The van der Waals surface area contributed by atoms with E-state index in [1.54, 1.807) is 0 Å². The molecule has 72 valence electrons. The fourth-order valence-electron chi connectivity index (χ4n) is 1.10. The zero-order valence-electron chi connectivity index (χ0n) is 7.53. The van der Waals surface area contributed by atoms with Gasteiger partial charge < -0.3 is 20.1 Å². The Bertz CT molecular complexity index is 292. The van der Waals surface area contributed by atoms with Crippen LogP contribution in [0.15, 0.2) is 6.07 Å². The number of hydrogen-bond acceptors (Lipinski definition) is 4. The fraction of sp³-hybridized carbons (Fsp3) is 0.333. The molecule has 0 aliphatic rings. The summed E-state index contributed by atoms with van der Waals surface area (Å²) >= 11 is 0. The van der Waals surface area contributed by atoms with Crippen LogP contribution in [0.25, 0.3) is 0 Å². The van der Waals surface area contributed by atoms with Gasteiger partial charge in [-0.15, -0.1) is 0 Å². The Morgan fingerprint density at radius 3 is 2.23 bits per heavy atom. The van der Waals surface area contributed by atoms with Crippen molar-refractivity contribution < 1.29 is 20.1 Å². The zero-order chi connectivity index (χ0) is 10.0. The van der Waals surface area contributed by atoms with E-state index in [0.29, 0.717) is 12.0 Å². The van der Waals surface area contributed by atoms with Gasteiger partial charge in [0.15, 0.2) is 11.5 Å². The lowest BCUT2D eigenvalue weighted by Gasteiger charge is -2.09. The Balaban J connectivity index is 3.36. The molecule has 0 aliphatic carbocycles. The molecule has 0 fully saturated rings. The Morgan fingerprint density at radius 2 is 1.77 bits per heavy atom. The standard InChI is InChI=1S/C9H12O4/c1-3-5-4-6(13-2)8(11)9(12)7(5)10/h4,10-12H,3H2,1-2H3. The predicted octanol–water partition coefficient (Wildman–Crippen LogP) is 1.37. The fourth-order valence-corrected chi connectivity index (χ4v) is 1.10. The number of aromatic hydroxyl groups is 3. The minimum absolute atomic E-state index is 0.159. The minimum Gasteiger partial charge on any atom is -0.504 e. The minimum atomic E-state index is -0.531. The maximum atomic E-state index is 9.33. The van der Waals surface area contributed by atoms with Crippen molar-refractivity contribution in [3.05, 3.63) is 11.6 Å². The molecule has 0 amide bonds. The first-order valence-electron chi connectivity index (χ1n) is 3.92. The van der Waals surface area contributed by atoms with E-state index in [9.17, 15) is 15.3 Å².